The van der Waals surface area contributed by atoms with E-state index in [1.807, 2.05) is 26.1 Å². The molecule has 0 bridgehead atoms. The third kappa shape index (κ3) is 4.17. The van der Waals surface area contributed by atoms with Crippen molar-refractivity contribution in [1.82, 2.24) is 9.97 Å². The molecule has 4 nitrogen and oxygen atoms in total. The molecule has 0 amide bonds. The highest BCUT2D eigenvalue weighted by Crippen LogP contribution is 2.21. The molecule has 0 saturated heterocycles. The maximum absolute atomic E-state index is 4.63. The van der Waals surface area contributed by atoms with Crippen LogP contribution in [0.25, 0.3) is 0 Å². The molecular weight excluding hydrogens is 328 g/mol. The van der Waals surface area contributed by atoms with E-state index in [1.54, 1.807) is 0 Å². The zero-order valence-electron chi connectivity index (χ0n) is 12.7. The Hall–Kier alpha value is -1.62. The number of benzene rings is 1. The van der Waals surface area contributed by atoms with Crippen molar-refractivity contribution in [1.29, 1.82) is 0 Å². The lowest BCUT2D eigenvalue weighted by atomic mass is 10.2. The van der Waals surface area contributed by atoms with E-state index in [9.17, 15) is 0 Å². The summed E-state index contributed by atoms with van der Waals surface area (Å²) >= 11 is 3.45. The Morgan fingerprint density at radius 3 is 2.38 bits per heavy atom. The number of aryl methyl sites for hydroxylation is 1. The van der Waals surface area contributed by atoms with E-state index in [0.717, 1.165) is 46.9 Å². The molecule has 0 spiro atoms. The van der Waals surface area contributed by atoms with E-state index in [4.69, 9.17) is 0 Å². The molecule has 1 heterocycles. The summed E-state index contributed by atoms with van der Waals surface area (Å²) in [5.74, 6) is 2.68. The zero-order valence-corrected chi connectivity index (χ0v) is 14.3. The van der Waals surface area contributed by atoms with Gasteiger partial charge in [-0.25, -0.2) is 9.97 Å². The van der Waals surface area contributed by atoms with Gasteiger partial charge in [-0.05, 0) is 31.0 Å². The van der Waals surface area contributed by atoms with Gasteiger partial charge in [-0.1, -0.05) is 35.0 Å². The van der Waals surface area contributed by atoms with Gasteiger partial charge in [-0.3, -0.25) is 0 Å². The standard InChI is InChI=1S/C16H21BrN4/c1-4-5-14-20-15(18-3)11(2)16(21-14)19-10-12-6-8-13(17)9-7-12/h6-9H,4-5,10H2,1-3H3,(H2,18,19,20,21). The van der Waals surface area contributed by atoms with Gasteiger partial charge in [0.2, 0.25) is 0 Å². The number of rotatable bonds is 6. The molecular formula is C16H21BrN4. The Bertz CT molecular complexity index is 596. The molecule has 2 N–H and O–H groups in total. The normalized spacial score (nSPS) is 10.5. The van der Waals surface area contributed by atoms with Crippen LogP contribution >= 0.6 is 15.9 Å². The van der Waals surface area contributed by atoms with Crippen LogP contribution in [0.4, 0.5) is 11.6 Å². The highest BCUT2D eigenvalue weighted by molar-refractivity contribution is 9.10. The lowest BCUT2D eigenvalue weighted by Gasteiger charge is -2.13. The Balaban J connectivity index is 2.17. The Morgan fingerprint density at radius 1 is 1.10 bits per heavy atom. The molecule has 5 heteroatoms. The van der Waals surface area contributed by atoms with Crippen molar-refractivity contribution in [2.24, 2.45) is 0 Å². The highest BCUT2D eigenvalue weighted by Gasteiger charge is 2.09. The van der Waals surface area contributed by atoms with Gasteiger partial charge in [0.05, 0.1) is 0 Å². The van der Waals surface area contributed by atoms with Crippen LogP contribution in [-0.2, 0) is 13.0 Å². The van der Waals surface area contributed by atoms with E-state index in [0.29, 0.717) is 0 Å². The van der Waals surface area contributed by atoms with Crippen LogP contribution in [0, 0.1) is 6.92 Å². The molecule has 2 aromatic rings. The summed E-state index contributed by atoms with van der Waals surface area (Å²) in [6.07, 6.45) is 1.93. The van der Waals surface area contributed by atoms with Crippen molar-refractivity contribution in [3.63, 3.8) is 0 Å². The second-order valence-corrected chi connectivity index (χ2v) is 5.86. The molecule has 0 atom stereocenters. The van der Waals surface area contributed by atoms with Crippen molar-refractivity contribution in [3.05, 3.63) is 45.7 Å². The van der Waals surface area contributed by atoms with Crippen molar-refractivity contribution >= 4 is 27.6 Å². The van der Waals surface area contributed by atoms with Crippen molar-refractivity contribution in [2.45, 2.75) is 33.2 Å². The van der Waals surface area contributed by atoms with Crippen LogP contribution in [-0.4, -0.2) is 17.0 Å². The van der Waals surface area contributed by atoms with Crippen LogP contribution in [0.1, 0.15) is 30.3 Å². The molecule has 1 aromatic carbocycles. The SMILES string of the molecule is CCCc1nc(NC)c(C)c(NCc2ccc(Br)cc2)n1. The summed E-state index contributed by atoms with van der Waals surface area (Å²) in [6, 6.07) is 8.29. The van der Waals surface area contributed by atoms with E-state index < -0.39 is 0 Å². The first-order chi connectivity index (χ1) is 10.1. The van der Waals surface area contributed by atoms with Gasteiger partial charge in [-0.15, -0.1) is 0 Å². The first kappa shape index (κ1) is 15.8. The van der Waals surface area contributed by atoms with Crippen LogP contribution in [0.15, 0.2) is 28.7 Å². The molecule has 0 unspecified atom stereocenters. The summed E-state index contributed by atoms with van der Waals surface area (Å²) in [6.45, 7) is 4.92. The van der Waals surface area contributed by atoms with Gasteiger partial charge in [0.15, 0.2) is 0 Å². The van der Waals surface area contributed by atoms with Crippen LogP contribution in [0.3, 0.4) is 0 Å². The number of hydrogen-bond donors (Lipinski definition) is 2. The topological polar surface area (TPSA) is 49.8 Å². The second-order valence-electron chi connectivity index (χ2n) is 4.94. The van der Waals surface area contributed by atoms with Crippen LogP contribution in [0.2, 0.25) is 0 Å². The molecule has 21 heavy (non-hydrogen) atoms. The molecule has 0 fully saturated rings. The minimum Gasteiger partial charge on any atom is -0.373 e. The fraction of sp³-hybridized carbons (Fsp3) is 0.375. The van der Waals surface area contributed by atoms with Gasteiger partial charge in [0, 0.05) is 30.0 Å². The number of halogens is 1. The number of nitrogens with zero attached hydrogens (tertiary/aromatic N) is 2. The fourth-order valence-corrected chi connectivity index (χ4v) is 2.37. The third-order valence-electron chi connectivity index (χ3n) is 3.28. The molecule has 1 aromatic heterocycles. The number of hydrogen-bond acceptors (Lipinski definition) is 4. The largest absolute Gasteiger partial charge is 0.373 e. The molecule has 0 aliphatic rings. The minimum atomic E-state index is 0.750. The zero-order chi connectivity index (χ0) is 15.2. The third-order valence-corrected chi connectivity index (χ3v) is 3.80. The average molecular weight is 349 g/mol. The molecule has 0 aliphatic heterocycles. The van der Waals surface area contributed by atoms with Crippen LogP contribution in [0.5, 0.6) is 0 Å². The van der Waals surface area contributed by atoms with Crippen molar-refractivity contribution in [2.75, 3.05) is 17.7 Å². The second kappa shape index (κ2) is 7.41. The Morgan fingerprint density at radius 2 is 1.76 bits per heavy atom. The van der Waals surface area contributed by atoms with Gasteiger partial charge < -0.3 is 10.6 Å². The van der Waals surface area contributed by atoms with Crippen LogP contribution < -0.4 is 10.6 Å². The summed E-state index contributed by atoms with van der Waals surface area (Å²) in [4.78, 5) is 9.17. The lowest BCUT2D eigenvalue weighted by molar-refractivity contribution is 0.831. The molecule has 2 rings (SSSR count). The first-order valence-corrected chi connectivity index (χ1v) is 7.97. The maximum Gasteiger partial charge on any atom is 0.135 e. The number of nitrogens with one attached hydrogen (secondary N) is 2. The van der Waals surface area contributed by atoms with Gasteiger partial charge >= 0.3 is 0 Å². The monoisotopic (exact) mass is 348 g/mol. The van der Waals surface area contributed by atoms with Gasteiger partial charge in [0.25, 0.3) is 0 Å². The predicted octanol–water partition coefficient (Wildman–Crippen LogP) is 4.15. The summed E-state index contributed by atoms with van der Waals surface area (Å²) in [7, 11) is 1.89. The van der Waals surface area contributed by atoms with Crippen molar-refractivity contribution < 1.29 is 0 Å². The molecule has 0 aliphatic carbocycles. The number of aromatic nitrogens is 2. The smallest absolute Gasteiger partial charge is 0.135 e. The first-order valence-electron chi connectivity index (χ1n) is 7.17. The molecule has 0 saturated carbocycles. The fourth-order valence-electron chi connectivity index (χ4n) is 2.10. The molecule has 112 valence electrons. The van der Waals surface area contributed by atoms with E-state index in [1.165, 1.54) is 5.56 Å². The summed E-state index contributed by atoms with van der Waals surface area (Å²) < 4.78 is 1.09. The highest BCUT2D eigenvalue weighted by atomic mass is 79.9. The lowest BCUT2D eigenvalue weighted by Crippen LogP contribution is -2.09. The van der Waals surface area contributed by atoms with Gasteiger partial charge in [0.1, 0.15) is 17.5 Å². The Kier molecular flexibility index (Phi) is 5.56. The summed E-state index contributed by atoms with van der Waals surface area (Å²) in [5, 5.41) is 6.56. The quantitative estimate of drug-likeness (QED) is 0.822. The Labute approximate surface area is 134 Å². The molecule has 0 radical (unpaired) electrons. The number of anilines is 2. The summed E-state index contributed by atoms with van der Waals surface area (Å²) in [5.41, 5.74) is 2.27. The van der Waals surface area contributed by atoms with Crippen molar-refractivity contribution in [3.8, 4) is 0 Å². The minimum absolute atomic E-state index is 0.750. The van der Waals surface area contributed by atoms with E-state index in [-0.39, 0.29) is 0 Å². The predicted molar refractivity (Wildman–Crippen MR) is 91.8 cm³/mol. The average Bonchev–Trinajstić information content (AvgIpc) is 2.49. The van der Waals surface area contributed by atoms with E-state index >= 15 is 0 Å². The maximum atomic E-state index is 4.63. The van der Waals surface area contributed by atoms with Gasteiger partial charge in [-0.2, -0.15) is 0 Å². The van der Waals surface area contributed by atoms with E-state index in [2.05, 4.69) is 55.6 Å².